The topological polar surface area (TPSA) is 97.6 Å². The lowest BCUT2D eigenvalue weighted by Gasteiger charge is -2.13. The lowest BCUT2D eigenvalue weighted by Crippen LogP contribution is -2.02. The third kappa shape index (κ3) is 10.5. The number of hydrogen-bond acceptors (Lipinski definition) is 6. The van der Waals surface area contributed by atoms with E-state index in [1.54, 1.807) is 0 Å². The van der Waals surface area contributed by atoms with E-state index in [9.17, 15) is 0 Å². The molecule has 0 saturated heterocycles. The molecule has 24 rings (SSSR count). The highest BCUT2D eigenvalue weighted by Gasteiger charge is 2.25. The molecule has 10 nitrogen and oxygen atoms in total. The third-order valence-electron chi connectivity index (χ3n) is 22.7. The predicted octanol–water partition coefficient (Wildman–Crippen LogP) is 27.1. The van der Waals surface area contributed by atoms with Gasteiger partial charge in [0.15, 0.2) is 11.6 Å². The number of hydrogen-bond donors (Lipinski definition) is 0. The molecule has 16 aromatic carbocycles. The smallest absolute Gasteiger partial charge is 0.165 e. The summed E-state index contributed by atoms with van der Waals surface area (Å²) in [4.78, 5) is 21.5. The Balaban J connectivity index is 0.000000135. The zero-order valence-corrected chi connectivity index (χ0v) is 61.3. The highest BCUT2D eigenvalue weighted by molar-refractivity contribution is 6.21. The number of nitrogens with zero attached hydrogens (tertiary/aromatic N) is 8. The molecule has 0 aliphatic rings. The van der Waals surface area contributed by atoms with Crippen molar-refractivity contribution in [1.82, 2.24) is 38.2 Å². The number of para-hydroxylation sites is 9. The minimum atomic E-state index is 0.602. The fourth-order valence-electron chi connectivity index (χ4n) is 17.5. The highest BCUT2D eigenvalue weighted by atomic mass is 16.3. The van der Waals surface area contributed by atoms with Crippen LogP contribution in [0.4, 0.5) is 0 Å². The molecule has 0 aliphatic carbocycles. The summed E-state index contributed by atoms with van der Waals surface area (Å²) in [5.41, 5.74) is 24.5. The van der Waals surface area contributed by atoms with Crippen LogP contribution in [0.15, 0.2) is 397 Å². The van der Waals surface area contributed by atoms with Crippen molar-refractivity contribution >= 4 is 131 Å². The van der Waals surface area contributed by atoms with Gasteiger partial charge in [-0.15, -0.1) is 0 Å². The van der Waals surface area contributed by atoms with Crippen molar-refractivity contribution in [2.24, 2.45) is 0 Å². The van der Waals surface area contributed by atoms with Gasteiger partial charge in [-0.3, -0.25) is 9.13 Å². The van der Waals surface area contributed by atoms with Gasteiger partial charge in [0, 0.05) is 105 Å². The summed E-state index contributed by atoms with van der Waals surface area (Å²) in [6.07, 6.45) is 0. The second-order valence-corrected chi connectivity index (χ2v) is 29.2. The molecular formula is C104H64N8O2. The molecule has 0 N–H and O–H groups in total. The van der Waals surface area contributed by atoms with Gasteiger partial charge >= 0.3 is 0 Å². The van der Waals surface area contributed by atoms with Crippen LogP contribution in [0.3, 0.4) is 0 Å². The monoisotopic (exact) mass is 1460 g/mol. The predicted molar refractivity (Wildman–Crippen MR) is 469 cm³/mol. The van der Waals surface area contributed by atoms with E-state index < -0.39 is 0 Å². The van der Waals surface area contributed by atoms with Gasteiger partial charge in [0.05, 0.1) is 61.1 Å². The SMILES string of the molecule is c1ccc(-c2cccc(-c3cc(-n4c5ccccc5c5cc6c(cc54)c4ccccc4n6-c4ccccc4)nc(-c4cccc5c4oc4ccccc45)n3)c2)cc1.c1ccc(-c2cccc(-c3nc(-c4ccc5c(c4)oc4ccccc45)cc(-n4c5ccccc5c5cc6c(cc54)c4ccccc4n6-c4ccccc4)n3)c2)cc1. The first-order valence-electron chi connectivity index (χ1n) is 38.5. The van der Waals surface area contributed by atoms with E-state index in [0.29, 0.717) is 11.6 Å². The Morgan fingerprint density at radius 2 is 0.535 bits per heavy atom. The number of aromatic nitrogens is 8. The fourth-order valence-corrected chi connectivity index (χ4v) is 17.5. The molecule has 0 aliphatic heterocycles. The van der Waals surface area contributed by atoms with Gasteiger partial charge in [0.2, 0.25) is 0 Å². The van der Waals surface area contributed by atoms with Crippen molar-refractivity contribution < 1.29 is 8.83 Å². The standard InChI is InChI=1S/2C52H32N4O/c1-3-15-33(16-4-1)34-17-13-18-35(29-34)44-32-50(54-52(53-44)41-25-14-24-40-39-23-9-12-28-49(39)57-51(40)41)56-46-27-11-8-22-38(46)43-30-47-42(31-48(43)56)37-21-7-10-26-45(37)55(47)36-19-5-2-6-20-36;1-3-14-33(15-4-1)34-16-13-17-36(28-34)52-53-44(35-26-27-41-40-22-9-12-25-49(40)57-50(41)29-35)32-51(54-52)56-46-24-11-8-21-39(46)43-30-47-42(31-48(43)56)38-20-7-10-23-45(38)55(47)37-18-5-2-6-19-37/h2*1-32H. The van der Waals surface area contributed by atoms with Crippen molar-refractivity contribution in [3.8, 4) is 90.6 Å². The summed E-state index contributed by atoms with van der Waals surface area (Å²) < 4.78 is 22.3. The van der Waals surface area contributed by atoms with Crippen LogP contribution < -0.4 is 0 Å². The maximum atomic E-state index is 6.57. The van der Waals surface area contributed by atoms with Crippen LogP contribution in [0.5, 0.6) is 0 Å². The summed E-state index contributed by atoms with van der Waals surface area (Å²) in [6.45, 7) is 0. The molecular weight excluding hydrogens is 1390 g/mol. The quantitative estimate of drug-likeness (QED) is 0.135. The second-order valence-electron chi connectivity index (χ2n) is 29.2. The zero-order valence-electron chi connectivity index (χ0n) is 61.3. The van der Waals surface area contributed by atoms with Gasteiger partial charge < -0.3 is 18.0 Å². The number of furan rings is 2. The highest BCUT2D eigenvalue weighted by Crippen LogP contribution is 2.45. The fraction of sp³-hybridized carbons (Fsp3) is 0. The van der Waals surface area contributed by atoms with Crippen molar-refractivity contribution in [2.45, 2.75) is 0 Å². The average molecular weight is 1460 g/mol. The van der Waals surface area contributed by atoms with Crippen molar-refractivity contribution in [2.75, 3.05) is 0 Å². The summed E-state index contributed by atoms with van der Waals surface area (Å²) in [5.74, 6) is 2.83. The van der Waals surface area contributed by atoms with E-state index in [1.165, 1.54) is 38.1 Å². The van der Waals surface area contributed by atoms with Crippen molar-refractivity contribution in [3.63, 3.8) is 0 Å². The molecule has 0 radical (unpaired) electrons. The molecule has 114 heavy (non-hydrogen) atoms. The van der Waals surface area contributed by atoms with E-state index in [-0.39, 0.29) is 0 Å². The lowest BCUT2D eigenvalue weighted by molar-refractivity contribution is 0.669. The van der Waals surface area contributed by atoms with E-state index in [0.717, 1.165) is 172 Å². The third-order valence-corrected chi connectivity index (χ3v) is 22.7. The Labute approximate surface area is 652 Å². The summed E-state index contributed by atoms with van der Waals surface area (Å²) in [7, 11) is 0. The van der Waals surface area contributed by atoms with Crippen LogP contribution in [0.25, 0.3) is 222 Å². The lowest BCUT2D eigenvalue weighted by atomic mass is 10.0. The van der Waals surface area contributed by atoms with Crippen LogP contribution in [0.1, 0.15) is 0 Å². The van der Waals surface area contributed by atoms with Crippen LogP contribution in [0.2, 0.25) is 0 Å². The maximum Gasteiger partial charge on any atom is 0.165 e. The van der Waals surface area contributed by atoms with Crippen LogP contribution in [-0.4, -0.2) is 38.2 Å². The Hall–Kier alpha value is -15.5. The van der Waals surface area contributed by atoms with Crippen LogP contribution in [0, 0.1) is 0 Å². The van der Waals surface area contributed by atoms with Gasteiger partial charge in [-0.05, 0) is 138 Å². The molecule has 0 fully saturated rings. The number of benzene rings is 16. The first kappa shape index (κ1) is 64.5. The first-order valence-corrected chi connectivity index (χ1v) is 38.5. The molecule has 8 heterocycles. The molecule has 24 aromatic rings. The number of rotatable bonds is 10. The number of fused-ring (bicyclic) bond motifs is 18. The molecule has 0 amide bonds. The molecule has 0 saturated carbocycles. The first-order chi connectivity index (χ1) is 56.5. The summed E-state index contributed by atoms with van der Waals surface area (Å²) >= 11 is 0. The maximum absolute atomic E-state index is 6.57. The zero-order chi connectivity index (χ0) is 74.9. The largest absolute Gasteiger partial charge is 0.456 e. The minimum absolute atomic E-state index is 0.602. The second kappa shape index (κ2) is 26.1. The summed E-state index contributed by atoms with van der Waals surface area (Å²) in [6, 6.07) is 137. The molecule has 10 heteroatoms. The molecule has 0 spiro atoms. The van der Waals surface area contributed by atoms with E-state index in [1.807, 2.05) is 36.4 Å². The molecule has 0 bridgehead atoms. The van der Waals surface area contributed by atoms with Gasteiger partial charge in [-0.2, -0.15) is 0 Å². The Bertz CT molecular complexity index is 7980. The van der Waals surface area contributed by atoms with Crippen LogP contribution >= 0.6 is 0 Å². The molecule has 532 valence electrons. The molecule has 0 atom stereocenters. The van der Waals surface area contributed by atoms with Gasteiger partial charge in [-0.1, -0.05) is 261 Å². The van der Waals surface area contributed by atoms with Gasteiger partial charge in [-0.25, -0.2) is 19.9 Å². The van der Waals surface area contributed by atoms with Gasteiger partial charge in [0.25, 0.3) is 0 Å². The van der Waals surface area contributed by atoms with Crippen molar-refractivity contribution in [1.29, 1.82) is 0 Å². The minimum Gasteiger partial charge on any atom is -0.456 e. The normalized spacial score (nSPS) is 11.9. The van der Waals surface area contributed by atoms with Gasteiger partial charge in [0.1, 0.15) is 34.0 Å². The Kier molecular flexibility index (Phi) is 14.8. The average Bonchev–Trinajstić information content (AvgIpc) is 1.56. The molecule has 8 aromatic heterocycles. The molecule has 0 unspecified atom stereocenters. The van der Waals surface area contributed by atoms with Crippen molar-refractivity contribution in [3.05, 3.63) is 388 Å². The summed E-state index contributed by atoms with van der Waals surface area (Å²) in [5, 5.41) is 13.7. The van der Waals surface area contributed by atoms with Crippen LogP contribution in [-0.2, 0) is 0 Å². The Morgan fingerprint density at radius 3 is 1.05 bits per heavy atom. The van der Waals surface area contributed by atoms with E-state index in [4.69, 9.17) is 28.8 Å². The Morgan fingerprint density at radius 1 is 0.184 bits per heavy atom. The van der Waals surface area contributed by atoms with E-state index in [2.05, 4.69) is 370 Å². The van der Waals surface area contributed by atoms with E-state index >= 15 is 0 Å².